The van der Waals surface area contributed by atoms with Crippen LogP contribution >= 0.6 is 0 Å². The van der Waals surface area contributed by atoms with E-state index >= 15 is 0 Å². The molecule has 0 spiro atoms. The molecule has 3 aromatic rings. The number of hydrogen-bond donors (Lipinski definition) is 6. The van der Waals surface area contributed by atoms with E-state index < -0.39 is 47.9 Å². The van der Waals surface area contributed by atoms with Gasteiger partial charge >= 0.3 is 5.97 Å². The lowest BCUT2D eigenvalue weighted by Crippen LogP contribution is -2.59. The van der Waals surface area contributed by atoms with E-state index in [-0.39, 0.29) is 24.5 Å². The van der Waals surface area contributed by atoms with Crippen molar-refractivity contribution >= 4 is 34.6 Å². The molecule has 1 aromatic heterocycles. The van der Waals surface area contributed by atoms with Crippen LogP contribution in [0.25, 0.3) is 10.9 Å². The maximum atomic E-state index is 13.8. The van der Waals surface area contributed by atoms with Gasteiger partial charge in [-0.1, -0.05) is 50.6 Å². The van der Waals surface area contributed by atoms with Crippen LogP contribution < -0.4 is 16.4 Å². The molecule has 0 aliphatic carbocycles. The molecule has 1 aliphatic heterocycles. The molecule has 11 heteroatoms. The number of carbonyl (C=O) groups excluding carboxylic acids is 3. The number of aromatic nitrogens is 1. The number of H-pyrrole nitrogens is 1. The van der Waals surface area contributed by atoms with Gasteiger partial charge in [-0.25, -0.2) is 4.79 Å². The van der Waals surface area contributed by atoms with Gasteiger partial charge in [0.1, 0.15) is 23.9 Å². The third-order valence-electron chi connectivity index (χ3n) is 8.06. The summed E-state index contributed by atoms with van der Waals surface area (Å²) in [6.45, 7) is 4.03. The van der Waals surface area contributed by atoms with E-state index in [2.05, 4.69) is 15.6 Å². The van der Waals surface area contributed by atoms with Crippen molar-refractivity contribution in [2.45, 2.75) is 70.1 Å². The van der Waals surface area contributed by atoms with Crippen LogP contribution in [0.1, 0.15) is 44.2 Å². The highest BCUT2D eigenvalue weighted by Gasteiger charge is 2.40. The normalized spacial score (nSPS) is 17.8. The third kappa shape index (κ3) is 7.09. The van der Waals surface area contributed by atoms with Gasteiger partial charge in [-0.2, -0.15) is 0 Å². The maximum absolute atomic E-state index is 13.8. The van der Waals surface area contributed by atoms with E-state index in [1.807, 2.05) is 38.1 Å². The molecule has 7 N–H and O–H groups in total. The zero-order valence-corrected chi connectivity index (χ0v) is 23.9. The number of hydrogen-bond acceptors (Lipinski definition) is 6. The molecular formula is C31H39N5O6. The second-order valence-electron chi connectivity index (χ2n) is 11.0. The van der Waals surface area contributed by atoms with Gasteiger partial charge < -0.3 is 36.5 Å². The standard InChI is InChI=1S/C31H39N5O6/c1-3-18(2)27(30(40)36-14-6-9-26(36)31(41)42)35-29(39)25(16-20-17-33-24-8-5-4-7-22(20)24)34-28(38)23(32)15-19-10-12-21(37)13-11-19/h4-5,7-8,10-13,17-18,23,25-27,33,37H,3,6,9,14-16,32H2,1-2H3,(H,34,38)(H,35,39)(H,41,42). The number of nitrogens with zero attached hydrogens (tertiary/aromatic N) is 1. The van der Waals surface area contributed by atoms with Crippen LogP contribution in [0.3, 0.4) is 0 Å². The Morgan fingerprint density at radius 3 is 2.45 bits per heavy atom. The Labute approximate surface area is 244 Å². The minimum atomic E-state index is -1.07. The monoisotopic (exact) mass is 577 g/mol. The highest BCUT2D eigenvalue weighted by molar-refractivity contribution is 5.95. The van der Waals surface area contributed by atoms with E-state index in [0.717, 1.165) is 22.0 Å². The smallest absolute Gasteiger partial charge is 0.326 e. The first kappa shape index (κ1) is 30.6. The number of nitrogens with two attached hydrogens (primary N) is 1. The minimum absolute atomic E-state index is 0.0984. The number of amides is 3. The van der Waals surface area contributed by atoms with E-state index in [1.54, 1.807) is 18.3 Å². The molecule has 1 saturated heterocycles. The first-order chi connectivity index (χ1) is 20.1. The fraction of sp³-hybridized carbons (Fsp3) is 0.419. The van der Waals surface area contributed by atoms with Gasteiger partial charge in [0.25, 0.3) is 0 Å². The number of rotatable bonds is 12. The van der Waals surface area contributed by atoms with Crippen molar-refractivity contribution < 1.29 is 29.4 Å². The maximum Gasteiger partial charge on any atom is 0.326 e. The van der Waals surface area contributed by atoms with E-state index in [0.29, 0.717) is 25.8 Å². The van der Waals surface area contributed by atoms with Crippen molar-refractivity contribution in [1.29, 1.82) is 0 Å². The van der Waals surface area contributed by atoms with Gasteiger partial charge in [0.2, 0.25) is 17.7 Å². The molecule has 1 aliphatic rings. The van der Waals surface area contributed by atoms with Gasteiger partial charge in [0.05, 0.1) is 6.04 Å². The van der Waals surface area contributed by atoms with Crippen LogP contribution in [0.5, 0.6) is 5.75 Å². The van der Waals surface area contributed by atoms with Crippen LogP contribution in [0, 0.1) is 5.92 Å². The van der Waals surface area contributed by atoms with Crippen LogP contribution in [-0.2, 0) is 32.0 Å². The third-order valence-corrected chi connectivity index (χ3v) is 8.06. The summed E-state index contributed by atoms with van der Waals surface area (Å²) in [6, 6.07) is 10.0. The molecule has 3 amide bonds. The van der Waals surface area contributed by atoms with E-state index in [9.17, 15) is 29.4 Å². The molecule has 2 heterocycles. The molecule has 0 radical (unpaired) electrons. The molecule has 5 atom stereocenters. The van der Waals surface area contributed by atoms with Crippen molar-refractivity contribution in [3.63, 3.8) is 0 Å². The molecule has 42 heavy (non-hydrogen) atoms. The number of carboxylic acid groups (broad SMARTS) is 1. The summed E-state index contributed by atoms with van der Waals surface area (Å²) >= 11 is 0. The molecule has 2 aromatic carbocycles. The average Bonchev–Trinajstić information content (AvgIpc) is 3.64. The summed E-state index contributed by atoms with van der Waals surface area (Å²) in [6.07, 6.45) is 3.61. The summed E-state index contributed by atoms with van der Waals surface area (Å²) < 4.78 is 0. The topological polar surface area (TPSA) is 178 Å². The second-order valence-corrected chi connectivity index (χ2v) is 11.0. The fourth-order valence-electron chi connectivity index (χ4n) is 5.39. The Kier molecular flexibility index (Phi) is 9.84. The van der Waals surface area contributed by atoms with Gasteiger partial charge in [0, 0.05) is 30.1 Å². The van der Waals surface area contributed by atoms with Crippen molar-refractivity contribution in [1.82, 2.24) is 20.5 Å². The van der Waals surface area contributed by atoms with Crippen molar-refractivity contribution in [2.75, 3.05) is 6.54 Å². The molecule has 11 nitrogen and oxygen atoms in total. The zero-order chi connectivity index (χ0) is 30.4. The van der Waals surface area contributed by atoms with Crippen LogP contribution in [0.4, 0.5) is 0 Å². The first-order valence-electron chi connectivity index (χ1n) is 14.3. The van der Waals surface area contributed by atoms with Crippen LogP contribution in [0.15, 0.2) is 54.7 Å². The Morgan fingerprint density at radius 2 is 1.76 bits per heavy atom. The number of aliphatic carboxylic acids is 1. The summed E-state index contributed by atoms with van der Waals surface area (Å²) in [7, 11) is 0. The number of para-hydroxylation sites is 1. The number of nitrogens with one attached hydrogen (secondary N) is 3. The molecule has 0 bridgehead atoms. The number of carbonyl (C=O) groups is 4. The lowest BCUT2D eigenvalue weighted by Gasteiger charge is -2.31. The number of carboxylic acids is 1. The highest BCUT2D eigenvalue weighted by Crippen LogP contribution is 2.23. The number of benzene rings is 2. The zero-order valence-electron chi connectivity index (χ0n) is 23.9. The first-order valence-corrected chi connectivity index (χ1v) is 14.3. The number of phenols is 1. The van der Waals surface area contributed by atoms with Gasteiger partial charge in [-0.15, -0.1) is 0 Å². The van der Waals surface area contributed by atoms with Gasteiger partial charge in [-0.3, -0.25) is 14.4 Å². The Hall–Kier alpha value is -4.38. The molecule has 1 fully saturated rings. The van der Waals surface area contributed by atoms with Crippen molar-refractivity contribution in [3.05, 3.63) is 65.9 Å². The quantitative estimate of drug-likeness (QED) is 0.191. The number of fused-ring (bicyclic) bond motifs is 1. The van der Waals surface area contributed by atoms with Crippen LogP contribution in [0.2, 0.25) is 0 Å². The SMILES string of the molecule is CCC(C)C(NC(=O)C(Cc1c[nH]c2ccccc12)NC(=O)C(N)Cc1ccc(O)cc1)C(=O)N1CCCC1C(=O)O. The Balaban J connectivity index is 1.57. The molecule has 4 rings (SSSR count). The lowest BCUT2D eigenvalue weighted by atomic mass is 9.96. The molecule has 5 unspecified atom stereocenters. The van der Waals surface area contributed by atoms with Crippen molar-refractivity contribution in [3.8, 4) is 5.75 Å². The predicted octanol–water partition coefficient (Wildman–Crippen LogP) is 2.08. The number of phenolic OH excluding ortho intramolecular Hbond substituents is 1. The number of likely N-dealkylation sites (tertiary alicyclic amines) is 1. The molecular weight excluding hydrogens is 538 g/mol. The number of aromatic amines is 1. The fourth-order valence-corrected chi connectivity index (χ4v) is 5.39. The Morgan fingerprint density at radius 1 is 1.05 bits per heavy atom. The van der Waals surface area contributed by atoms with Crippen molar-refractivity contribution in [2.24, 2.45) is 11.7 Å². The second kappa shape index (κ2) is 13.5. The number of aromatic hydroxyl groups is 1. The van der Waals surface area contributed by atoms with Gasteiger partial charge in [0.15, 0.2) is 0 Å². The highest BCUT2D eigenvalue weighted by atomic mass is 16.4. The predicted molar refractivity (Wildman–Crippen MR) is 157 cm³/mol. The minimum Gasteiger partial charge on any atom is -0.508 e. The summed E-state index contributed by atoms with van der Waals surface area (Å²) in [5.41, 5.74) is 8.64. The van der Waals surface area contributed by atoms with Crippen LogP contribution in [-0.4, -0.2) is 74.5 Å². The molecule has 0 saturated carbocycles. The summed E-state index contributed by atoms with van der Waals surface area (Å²) in [4.78, 5) is 56.9. The summed E-state index contributed by atoms with van der Waals surface area (Å²) in [5.74, 6) is -2.79. The van der Waals surface area contributed by atoms with Gasteiger partial charge in [-0.05, 0) is 54.5 Å². The Bertz CT molecular complexity index is 1420. The summed E-state index contributed by atoms with van der Waals surface area (Å²) in [5, 5.41) is 25.7. The van der Waals surface area contributed by atoms with E-state index in [4.69, 9.17) is 5.73 Å². The lowest BCUT2D eigenvalue weighted by molar-refractivity contribution is -0.150. The van der Waals surface area contributed by atoms with E-state index in [1.165, 1.54) is 17.0 Å². The average molecular weight is 578 g/mol. The molecule has 224 valence electrons. The largest absolute Gasteiger partial charge is 0.508 e.